The molecule has 4 aromatic carbocycles. The van der Waals surface area contributed by atoms with Crippen LogP contribution in [-0.2, 0) is 110 Å². The Morgan fingerprint density at radius 3 is 1.41 bits per heavy atom. The highest BCUT2D eigenvalue weighted by Crippen LogP contribution is 2.26. The fourth-order valence-corrected chi connectivity index (χ4v) is 16.7. The molecule has 14 amide bonds. The number of nitrogens with two attached hydrogens (primary N) is 2. The number of phenolic OH excluding ortho intramolecular Hbond substituents is 1. The summed E-state index contributed by atoms with van der Waals surface area (Å²) >= 11 is 1.38. The third-order valence-electron chi connectivity index (χ3n) is 24.2. The predicted octanol–water partition coefficient (Wildman–Crippen LogP) is -0.333. The maximum Gasteiger partial charge on any atom is 0.326 e. The topological polar surface area (TPSA) is 673 Å². The highest BCUT2D eigenvalue weighted by atomic mass is 32.2. The maximum atomic E-state index is 15.4. The molecule has 0 saturated carbocycles. The predicted molar refractivity (Wildman–Crippen MR) is 521 cm³/mol. The van der Waals surface area contributed by atoms with Crippen LogP contribution >= 0.6 is 11.8 Å². The van der Waals surface area contributed by atoms with Crippen molar-refractivity contribution in [3.05, 3.63) is 174 Å². The minimum Gasteiger partial charge on any atom is -0.508 e. The number of hydrogen-bond acceptors (Lipinski definition) is 23. The quantitative estimate of drug-likeness (QED) is 0.0132. The highest BCUT2D eigenvalue weighted by Gasteiger charge is 2.44. The summed E-state index contributed by atoms with van der Waals surface area (Å²) in [6, 6.07) is 6.55. The number of carboxylic acid groups (broad SMARTS) is 1. The van der Waals surface area contributed by atoms with E-state index in [-0.39, 0.29) is 113 Å². The van der Waals surface area contributed by atoms with Gasteiger partial charge in [-0.3, -0.25) is 72.5 Å². The minimum absolute atomic E-state index is 0.00218. The molecule has 9 rings (SSSR count). The third kappa shape index (κ3) is 32.2. The number of hydrogen-bond donors (Lipinski definition) is 25. The van der Waals surface area contributed by atoms with Crippen molar-refractivity contribution in [3.8, 4) is 5.75 Å². The van der Waals surface area contributed by atoms with Crippen LogP contribution in [0.25, 0.3) is 21.8 Å². The molecular weight excluding hydrogens is 1830 g/mol. The summed E-state index contributed by atoms with van der Waals surface area (Å²) in [6.45, 7) is 11.4. The number of imidazole rings is 2. The van der Waals surface area contributed by atoms with E-state index in [1.807, 2.05) is 31.2 Å². The van der Waals surface area contributed by atoms with Gasteiger partial charge in [0.1, 0.15) is 90.3 Å². The average molecular weight is 1960 g/mol. The smallest absolute Gasteiger partial charge is 0.326 e. The number of carbonyl (C=O) groups excluding carboxylic acids is 14. The molecule has 44 heteroatoms. The number of H-pyrrole nitrogens is 4. The SMILES string of the molecule is CC[C@H](C)[C@H](NC(=O)[C@@H](N)Cc1c[nH]c2ccccc12)C(=O)N[C@H](C(=O)N[C@@H](Cc1ccc(O)cc1)C(=O)N[C@@H](CO)C(=O)N[C@@H](Cc1c[nH]cn1)C(=O)N[C@@H](Cc1c[nH]cn1)C(=O)N1CCC[C@H]1C(=O)N[C@@H](CCCNC(=N)N)C(=O)N[C@@H](Cc1ccccc1)C(=O)N[C@@H](CO)C(=O)N[C@@H](CC(C)C)C(=O)N[C@@H](Cc1c[nH]c2ccccc12)C(=O)N[C@H](C(=O)N[C@@H](CCSC)C(=O)O)C(C)C)C(C)C. The second kappa shape index (κ2) is 53.6. The van der Waals surface area contributed by atoms with Gasteiger partial charge in [-0.05, 0) is 127 Å². The Hall–Kier alpha value is -14.3. The molecule has 27 N–H and O–H groups in total. The number of aromatic amines is 4. The number of aliphatic hydroxyl groups is 2. The summed E-state index contributed by atoms with van der Waals surface area (Å²) < 4.78 is 0. The monoisotopic (exact) mass is 1960 g/mol. The van der Waals surface area contributed by atoms with Crippen LogP contribution in [0.15, 0.2) is 141 Å². The number of amides is 14. The first kappa shape index (κ1) is 109. The number of fused-ring (bicyclic) bond motifs is 2. The number of rotatable bonds is 55. The van der Waals surface area contributed by atoms with Gasteiger partial charge in [-0.1, -0.05) is 141 Å². The Labute approximate surface area is 814 Å². The fourth-order valence-electron chi connectivity index (χ4n) is 16.2. The van der Waals surface area contributed by atoms with Crippen molar-refractivity contribution in [1.82, 2.24) is 109 Å². The summed E-state index contributed by atoms with van der Waals surface area (Å²) in [5.41, 5.74) is 16.4. The van der Waals surface area contributed by atoms with Crippen LogP contribution in [-0.4, -0.2) is 279 Å². The van der Waals surface area contributed by atoms with Gasteiger partial charge < -0.3 is 131 Å². The van der Waals surface area contributed by atoms with Crippen LogP contribution in [0.2, 0.25) is 0 Å². The van der Waals surface area contributed by atoms with Crippen molar-refractivity contribution in [1.29, 1.82) is 5.41 Å². The lowest BCUT2D eigenvalue weighted by Gasteiger charge is -2.31. The highest BCUT2D eigenvalue weighted by molar-refractivity contribution is 7.98. The standard InChI is InChI=1S/C96H132N24O19S/c1-10-54(8)80(119-81(124)64(97)39-57-43-103-65-24-16-14-22-62(57)65)93(136)118-79(53(6)7)92(135)113-71(38-56-28-30-61(123)31-29-56)85(128)116-76(48-122)89(132)112-73(41-59-45-100-49-105-59)86(129)114-74(42-60-46-101-50-106-60)94(137)120-34-19-27-77(120)90(133)107-67(26-18-33-102-96(98)99)82(125)110-70(37-55-20-12-11-13-21-55)84(127)115-75(47-121)88(131)109-69(36-51(2)3)83(126)111-72(40-58-44-104-66-25-17-15-23-63(58)66)87(130)117-78(52(4)5)91(134)108-68(95(138)139)32-35-140-9/h11-17,20-25,28-31,43-46,49-54,64,67-80,103-104,121-123H,10,18-19,26-27,32-42,47-48,97H2,1-9H3,(H,100,105)(H,101,106)(H,107,133)(H,108,134)(H,109,131)(H,110,125)(H,111,126)(H,112,132)(H,113,135)(H,114,129)(H,115,127)(H,116,128)(H,117,130)(H,118,136)(H,119,124)(H,138,139)(H4,98,99,102)/t54-,64-,67-,68-,69-,70-,71-,72-,73-,74-,75-,76-,77-,78-,79-,80-/m0/s1. The van der Waals surface area contributed by atoms with Gasteiger partial charge in [-0.15, -0.1) is 0 Å². The third-order valence-corrected chi connectivity index (χ3v) is 24.9. The number of nitrogens with one attached hydrogen (secondary N) is 19. The number of aliphatic carboxylic acids is 1. The van der Waals surface area contributed by atoms with Crippen LogP contribution in [0, 0.1) is 29.1 Å². The van der Waals surface area contributed by atoms with Gasteiger partial charge in [0, 0.05) is 91.8 Å². The Bertz CT molecular complexity index is 5530. The Morgan fingerprint density at radius 1 is 0.479 bits per heavy atom. The molecule has 1 aliphatic heterocycles. The maximum absolute atomic E-state index is 15.4. The largest absolute Gasteiger partial charge is 0.508 e. The van der Waals surface area contributed by atoms with E-state index in [2.05, 4.69) is 104 Å². The molecule has 8 aromatic rings. The zero-order valence-electron chi connectivity index (χ0n) is 79.8. The normalized spacial score (nSPS) is 15.7. The number of nitrogens with zero attached hydrogens (tertiary/aromatic N) is 3. The van der Waals surface area contributed by atoms with Crippen molar-refractivity contribution >= 4 is 128 Å². The Balaban J connectivity index is 0.900. The number of carboxylic acids is 1. The van der Waals surface area contributed by atoms with Crippen LogP contribution in [0.5, 0.6) is 5.75 Å². The first-order chi connectivity index (χ1) is 66.9. The van der Waals surface area contributed by atoms with E-state index in [4.69, 9.17) is 16.9 Å². The number of benzene rings is 4. The number of carbonyl (C=O) groups is 15. The van der Waals surface area contributed by atoms with Crippen LogP contribution in [0.4, 0.5) is 0 Å². The summed E-state index contributed by atoms with van der Waals surface area (Å²) in [5, 5.41) is 88.8. The first-order valence-corrected chi connectivity index (χ1v) is 48.2. The van der Waals surface area contributed by atoms with Gasteiger partial charge in [0.15, 0.2) is 5.96 Å². The number of aromatic nitrogens is 6. The van der Waals surface area contributed by atoms with Gasteiger partial charge in [0.25, 0.3) is 0 Å². The summed E-state index contributed by atoms with van der Waals surface area (Å²) in [5.74, 6) is -16.1. The second-order valence-electron chi connectivity index (χ2n) is 36.1. The molecule has 0 aliphatic carbocycles. The van der Waals surface area contributed by atoms with E-state index in [1.165, 1.54) is 66.0 Å². The lowest BCUT2D eigenvalue weighted by molar-refractivity contribution is -0.142. The van der Waals surface area contributed by atoms with Crippen LogP contribution in [0.3, 0.4) is 0 Å². The Morgan fingerprint density at radius 2 is 0.907 bits per heavy atom. The van der Waals surface area contributed by atoms with Crippen molar-refractivity contribution < 1.29 is 92.3 Å². The lowest BCUT2D eigenvalue weighted by Crippen LogP contribution is -2.62. The number of para-hydroxylation sites is 2. The second-order valence-corrected chi connectivity index (χ2v) is 37.0. The fraction of sp³-hybridized carbons (Fsp3) is 0.479. The number of aliphatic hydroxyl groups excluding tert-OH is 2. The van der Waals surface area contributed by atoms with E-state index < -0.39 is 216 Å². The van der Waals surface area contributed by atoms with E-state index in [9.17, 15) is 73.2 Å². The molecular formula is C96H132N24O19S. The molecule has 140 heavy (non-hydrogen) atoms. The Kier molecular flexibility index (Phi) is 41.9. The van der Waals surface area contributed by atoms with E-state index in [0.717, 1.165) is 16.5 Å². The molecule has 756 valence electrons. The molecule has 0 radical (unpaired) electrons. The van der Waals surface area contributed by atoms with Crippen molar-refractivity contribution in [2.24, 2.45) is 35.1 Å². The number of phenols is 1. The van der Waals surface area contributed by atoms with Crippen LogP contribution < -0.4 is 85.9 Å². The number of likely N-dealkylation sites (tertiary alicyclic amines) is 1. The van der Waals surface area contributed by atoms with Crippen LogP contribution in [0.1, 0.15) is 134 Å². The van der Waals surface area contributed by atoms with E-state index >= 15 is 19.2 Å². The molecule has 0 bridgehead atoms. The number of guanidine groups is 1. The van der Waals surface area contributed by atoms with Gasteiger partial charge in [-0.25, -0.2) is 14.8 Å². The molecule has 4 aromatic heterocycles. The molecule has 1 fully saturated rings. The summed E-state index contributed by atoms with van der Waals surface area (Å²) in [6.07, 6.45) is 9.90. The molecule has 5 heterocycles. The van der Waals surface area contributed by atoms with E-state index in [0.29, 0.717) is 39.8 Å². The van der Waals surface area contributed by atoms with E-state index in [1.54, 1.807) is 122 Å². The molecule has 0 unspecified atom stereocenters. The lowest BCUT2D eigenvalue weighted by atomic mass is 9.95. The van der Waals surface area contributed by atoms with Gasteiger partial charge >= 0.3 is 5.97 Å². The van der Waals surface area contributed by atoms with Gasteiger partial charge in [0.05, 0.1) is 43.3 Å². The molecule has 0 spiro atoms. The van der Waals surface area contributed by atoms with Gasteiger partial charge in [-0.2, -0.15) is 11.8 Å². The van der Waals surface area contributed by atoms with Crippen molar-refractivity contribution in [2.45, 2.75) is 229 Å². The van der Waals surface area contributed by atoms with Crippen molar-refractivity contribution in [3.63, 3.8) is 0 Å². The number of aromatic hydroxyl groups is 1. The van der Waals surface area contributed by atoms with Crippen molar-refractivity contribution in [2.75, 3.05) is 38.3 Å². The van der Waals surface area contributed by atoms with Gasteiger partial charge in [0.2, 0.25) is 82.7 Å². The molecule has 1 saturated heterocycles. The molecule has 1 aliphatic rings. The first-order valence-electron chi connectivity index (χ1n) is 46.8. The zero-order valence-corrected chi connectivity index (χ0v) is 80.6. The summed E-state index contributed by atoms with van der Waals surface area (Å²) in [4.78, 5) is 240. The summed E-state index contributed by atoms with van der Waals surface area (Å²) in [7, 11) is 0. The minimum atomic E-state index is -1.87. The zero-order chi connectivity index (χ0) is 102. The number of thioether (sulfide) groups is 1. The average Bonchev–Trinajstić information content (AvgIpc) is 1.51. The molecule has 43 nitrogen and oxygen atoms in total. The molecule has 16 atom stereocenters.